The lowest BCUT2D eigenvalue weighted by molar-refractivity contribution is 0.00190. The quantitative estimate of drug-likeness (QED) is 0.844. The highest BCUT2D eigenvalue weighted by atomic mass is 19.1. The van der Waals surface area contributed by atoms with Gasteiger partial charge in [-0.05, 0) is 46.2 Å². The summed E-state index contributed by atoms with van der Waals surface area (Å²) in [7, 11) is 0. The topological polar surface area (TPSA) is 70.1 Å². The van der Waals surface area contributed by atoms with Gasteiger partial charge in [-0.2, -0.15) is 0 Å². The number of piperazine rings is 1. The molecule has 25 heavy (non-hydrogen) atoms. The third-order valence-corrected chi connectivity index (χ3v) is 4.06. The van der Waals surface area contributed by atoms with Crippen molar-refractivity contribution in [3.63, 3.8) is 0 Å². The first kappa shape index (κ1) is 19.0. The minimum atomic E-state index is -0.754. The van der Waals surface area contributed by atoms with Crippen LogP contribution in [0.25, 0.3) is 0 Å². The van der Waals surface area contributed by atoms with Crippen molar-refractivity contribution in [1.29, 1.82) is 0 Å². The lowest BCUT2D eigenvalue weighted by Crippen LogP contribution is -2.56. The molecule has 0 aliphatic carbocycles. The number of ether oxygens (including phenoxy) is 1. The molecule has 0 spiro atoms. The zero-order chi connectivity index (χ0) is 18.9. The minimum absolute atomic E-state index is 0.0757. The Balaban J connectivity index is 2.09. The van der Waals surface area contributed by atoms with Gasteiger partial charge in [0.2, 0.25) is 0 Å². The molecule has 7 heteroatoms. The predicted molar refractivity (Wildman–Crippen MR) is 91.1 cm³/mol. The van der Waals surface area contributed by atoms with Crippen LogP contribution >= 0.6 is 0 Å². The van der Waals surface area contributed by atoms with E-state index in [-0.39, 0.29) is 23.9 Å². The van der Waals surface area contributed by atoms with Gasteiger partial charge in [0.1, 0.15) is 17.2 Å². The normalized spacial score (nSPS) is 18.2. The molecule has 1 aromatic carbocycles. The second kappa shape index (κ2) is 6.90. The molecule has 2 amide bonds. The van der Waals surface area contributed by atoms with E-state index in [1.54, 1.807) is 32.6 Å². The summed E-state index contributed by atoms with van der Waals surface area (Å²) in [6, 6.07) is 2.05. The zero-order valence-electron chi connectivity index (χ0n) is 15.3. The number of benzene rings is 1. The van der Waals surface area contributed by atoms with Gasteiger partial charge in [0.05, 0.1) is 5.56 Å². The average molecular weight is 352 g/mol. The van der Waals surface area contributed by atoms with Crippen LogP contribution in [0.1, 0.15) is 43.6 Å². The molecule has 1 saturated heterocycles. The van der Waals surface area contributed by atoms with Crippen LogP contribution < -0.4 is 0 Å². The van der Waals surface area contributed by atoms with E-state index in [4.69, 9.17) is 4.74 Å². The van der Waals surface area contributed by atoms with Crippen LogP contribution in [0.3, 0.4) is 0 Å². The predicted octanol–water partition coefficient (Wildman–Crippen LogP) is 2.92. The molecule has 0 bridgehead atoms. The average Bonchev–Trinajstić information content (AvgIpc) is 2.48. The minimum Gasteiger partial charge on any atom is -0.508 e. The molecule has 138 valence electrons. The summed E-state index contributed by atoms with van der Waals surface area (Å²) in [5.41, 5.74) is -0.227. The van der Waals surface area contributed by atoms with Crippen LogP contribution in [0.2, 0.25) is 0 Å². The molecule has 0 aromatic heterocycles. The van der Waals surface area contributed by atoms with Crippen molar-refractivity contribution in [3.8, 4) is 5.75 Å². The fourth-order valence-corrected chi connectivity index (χ4v) is 2.74. The highest BCUT2D eigenvalue weighted by molar-refractivity contribution is 5.95. The third-order valence-electron chi connectivity index (χ3n) is 4.06. The van der Waals surface area contributed by atoms with E-state index in [1.165, 1.54) is 11.0 Å². The summed E-state index contributed by atoms with van der Waals surface area (Å²) in [6.45, 7) is 9.72. The van der Waals surface area contributed by atoms with Crippen LogP contribution in [-0.4, -0.2) is 58.2 Å². The Kier molecular flexibility index (Phi) is 5.25. The van der Waals surface area contributed by atoms with E-state index in [1.807, 2.05) is 6.92 Å². The Hall–Kier alpha value is -2.31. The van der Waals surface area contributed by atoms with E-state index < -0.39 is 23.4 Å². The van der Waals surface area contributed by atoms with Crippen LogP contribution in [0.15, 0.2) is 12.1 Å². The van der Waals surface area contributed by atoms with Crippen molar-refractivity contribution in [3.05, 3.63) is 29.1 Å². The van der Waals surface area contributed by atoms with Crippen molar-refractivity contribution in [2.75, 3.05) is 19.6 Å². The highest BCUT2D eigenvalue weighted by Crippen LogP contribution is 2.23. The van der Waals surface area contributed by atoms with Gasteiger partial charge in [-0.1, -0.05) is 0 Å². The lowest BCUT2D eigenvalue weighted by atomic mass is 10.1. The fourth-order valence-electron chi connectivity index (χ4n) is 2.74. The Morgan fingerprint density at radius 1 is 1.28 bits per heavy atom. The number of phenolic OH excluding ortho intramolecular Hbond substituents is 1. The summed E-state index contributed by atoms with van der Waals surface area (Å²) in [5.74, 6) is -1.39. The van der Waals surface area contributed by atoms with Crippen LogP contribution in [-0.2, 0) is 4.74 Å². The summed E-state index contributed by atoms with van der Waals surface area (Å²) >= 11 is 0. The van der Waals surface area contributed by atoms with Gasteiger partial charge in [0, 0.05) is 31.7 Å². The molecule has 1 aliphatic heterocycles. The Bertz CT molecular complexity index is 684. The summed E-state index contributed by atoms with van der Waals surface area (Å²) in [4.78, 5) is 27.9. The third kappa shape index (κ3) is 4.41. The SMILES string of the molecule is Cc1cc(C(=O)N2CCN(C(=O)OC(C)(C)C)C(C)C2)c(F)cc1O. The largest absolute Gasteiger partial charge is 0.508 e. The molecule has 1 N–H and O–H groups in total. The van der Waals surface area contributed by atoms with E-state index in [0.717, 1.165) is 6.07 Å². The van der Waals surface area contributed by atoms with Crippen molar-refractivity contribution < 1.29 is 23.8 Å². The lowest BCUT2D eigenvalue weighted by Gasteiger charge is -2.40. The van der Waals surface area contributed by atoms with Gasteiger partial charge in [0.15, 0.2) is 0 Å². The maximum atomic E-state index is 14.0. The van der Waals surface area contributed by atoms with Gasteiger partial charge in [-0.15, -0.1) is 0 Å². The van der Waals surface area contributed by atoms with Crippen molar-refractivity contribution in [2.45, 2.75) is 46.3 Å². The van der Waals surface area contributed by atoms with Crippen LogP contribution in [0.5, 0.6) is 5.75 Å². The molecule has 0 radical (unpaired) electrons. The van der Waals surface area contributed by atoms with Gasteiger partial charge < -0.3 is 19.6 Å². The highest BCUT2D eigenvalue weighted by Gasteiger charge is 2.33. The van der Waals surface area contributed by atoms with Gasteiger partial charge >= 0.3 is 6.09 Å². The van der Waals surface area contributed by atoms with E-state index in [9.17, 15) is 19.1 Å². The fraction of sp³-hybridized carbons (Fsp3) is 0.556. The van der Waals surface area contributed by atoms with Crippen LogP contribution in [0, 0.1) is 12.7 Å². The van der Waals surface area contributed by atoms with Gasteiger partial charge in [-0.3, -0.25) is 4.79 Å². The number of rotatable bonds is 1. The Labute approximate surface area is 147 Å². The van der Waals surface area contributed by atoms with Crippen LogP contribution in [0.4, 0.5) is 9.18 Å². The number of amides is 2. The van der Waals surface area contributed by atoms with E-state index in [0.29, 0.717) is 18.7 Å². The van der Waals surface area contributed by atoms with Gasteiger partial charge in [-0.25, -0.2) is 9.18 Å². The molecule has 0 saturated carbocycles. The molecule has 1 aromatic rings. The van der Waals surface area contributed by atoms with Crippen molar-refractivity contribution >= 4 is 12.0 Å². The van der Waals surface area contributed by atoms with E-state index in [2.05, 4.69) is 0 Å². The first-order valence-corrected chi connectivity index (χ1v) is 8.27. The first-order chi connectivity index (χ1) is 11.5. The summed E-state index contributed by atoms with van der Waals surface area (Å²) in [5, 5.41) is 9.52. The van der Waals surface area contributed by atoms with Crippen molar-refractivity contribution in [1.82, 2.24) is 9.80 Å². The molecule has 1 heterocycles. The number of aryl methyl sites for hydroxylation is 1. The number of nitrogens with zero attached hydrogens (tertiary/aromatic N) is 2. The molecular weight excluding hydrogens is 327 g/mol. The molecule has 1 aliphatic rings. The number of carbonyl (C=O) groups excluding carboxylic acids is 2. The Morgan fingerprint density at radius 3 is 2.48 bits per heavy atom. The molecule has 1 unspecified atom stereocenters. The standard InChI is InChI=1S/C18H25FN2O4/c1-11-8-13(14(19)9-15(11)22)16(23)20-6-7-21(12(2)10-20)17(24)25-18(3,4)5/h8-9,12,22H,6-7,10H2,1-5H3. The Morgan fingerprint density at radius 2 is 1.92 bits per heavy atom. The maximum Gasteiger partial charge on any atom is 0.410 e. The summed E-state index contributed by atoms with van der Waals surface area (Å²) < 4.78 is 19.4. The second-order valence-corrected chi connectivity index (χ2v) is 7.39. The number of halogens is 1. The number of aromatic hydroxyl groups is 1. The maximum absolute atomic E-state index is 14.0. The summed E-state index contributed by atoms with van der Waals surface area (Å²) in [6.07, 6.45) is -0.418. The molecule has 2 rings (SSSR count). The molecule has 1 atom stereocenters. The molecule has 6 nitrogen and oxygen atoms in total. The zero-order valence-corrected chi connectivity index (χ0v) is 15.3. The second-order valence-electron chi connectivity index (χ2n) is 7.39. The molecular formula is C18H25FN2O4. The first-order valence-electron chi connectivity index (χ1n) is 8.27. The van der Waals surface area contributed by atoms with E-state index >= 15 is 0 Å². The molecule has 1 fully saturated rings. The smallest absolute Gasteiger partial charge is 0.410 e. The number of hydrogen-bond acceptors (Lipinski definition) is 4. The monoisotopic (exact) mass is 352 g/mol. The number of hydrogen-bond donors (Lipinski definition) is 1. The van der Waals surface area contributed by atoms with Crippen molar-refractivity contribution in [2.24, 2.45) is 0 Å². The number of carbonyl (C=O) groups is 2. The van der Waals surface area contributed by atoms with Gasteiger partial charge in [0.25, 0.3) is 5.91 Å². The number of phenols is 1.